The molecule has 2 aromatic rings. The smallest absolute Gasteiger partial charge is 0.276 e. The Morgan fingerprint density at radius 2 is 2.03 bits per heavy atom. The lowest BCUT2D eigenvalue weighted by Crippen LogP contribution is -2.55. The molecule has 1 aromatic heterocycles. The van der Waals surface area contributed by atoms with Crippen molar-refractivity contribution in [2.45, 2.75) is 31.7 Å². The van der Waals surface area contributed by atoms with Gasteiger partial charge in [-0.25, -0.2) is 8.78 Å². The van der Waals surface area contributed by atoms with Crippen LogP contribution in [-0.2, 0) is 13.1 Å². The summed E-state index contributed by atoms with van der Waals surface area (Å²) >= 11 is 0. The molecule has 0 saturated carbocycles. The van der Waals surface area contributed by atoms with E-state index in [9.17, 15) is 28.3 Å². The normalized spacial score (nSPS) is 24.0. The number of nitrogens with one attached hydrogen (secondary N) is 1. The molecule has 0 aliphatic carbocycles. The van der Waals surface area contributed by atoms with Gasteiger partial charge in [-0.15, -0.1) is 0 Å². The van der Waals surface area contributed by atoms with Gasteiger partial charge < -0.3 is 19.9 Å². The highest BCUT2D eigenvalue weighted by molar-refractivity contribution is 5.99. The molecular weight excluding hydrogens is 398 g/mol. The maximum absolute atomic E-state index is 13.8. The Bertz CT molecular complexity index is 1150. The Labute approximate surface area is 169 Å². The Morgan fingerprint density at radius 3 is 2.80 bits per heavy atom. The number of halogens is 2. The van der Waals surface area contributed by atoms with E-state index >= 15 is 0 Å². The molecule has 1 aromatic carbocycles. The Balaban J connectivity index is 1.44. The summed E-state index contributed by atoms with van der Waals surface area (Å²) in [6.07, 6.45) is 1.94. The average molecular weight is 416 g/mol. The van der Waals surface area contributed by atoms with E-state index in [1.54, 1.807) is 4.90 Å². The highest BCUT2D eigenvalue weighted by Crippen LogP contribution is 2.36. The molecule has 2 unspecified atom stereocenters. The molecule has 3 aliphatic rings. The number of aromatic hydroxyl groups is 1. The molecule has 0 radical (unpaired) electrons. The summed E-state index contributed by atoms with van der Waals surface area (Å²) < 4.78 is 28.2. The lowest BCUT2D eigenvalue weighted by molar-refractivity contribution is 0.0319. The van der Waals surface area contributed by atoms with Gasteiger partial charge >= 0.3 is 0 Å². The van der Waals surface area contributed by atoms with Gasteiger partial charge in [-0.05, 0) is 12.5 Å². The number of rotatable bonds is 3. The molecule has 5 rings (SSSR count). The minimum absolute atomic E-state index is 0.0487. The molecule has 30 heavy (non-hydrogen) atoms. The first-order valence-electron chi connectivity index (χ1n) is 9.60. The fraction of sp³-hybridized carbons (Fsp3) is 0.350. The van der Waals surface area contributed by atoms with Crippen LogP contribution in [0, 0.1) is 11.6 Å². The second-order valence-corrected chi connectivity index (χ2v) is 7.77. The SMILES string of the molecule is O=C(NCc1ccc(F)cc1F)c1cn2c(c(O)c1=O)C(=O)N1C(C2)N2CC[C@H]1C2. The molecule has 2 amide bonds. The molecule has 2 fully saturated rings. The predicted octanol–water partition coefficient (Wildman–Crippen LogP) is 0.632. The van der Waals surface area contributed by atoms with Crippen molar-refractivity contribution in [3.8, 4) is 5.75 Å². The van der Waals surface area contributed by atoms with Crippen LogP contribution in [0.3, 0.4) is 0 Å². The molecular formula is C20H18F2N4O4. The van der Waals surface area contributed by atoms with Crippen molar-refractivity contribution >= 4 is 11.8 Å². The highest BCUT2D eigenvalue weighted by atomic mass is 19.1. The van der Waals surface area contributed by atoms with Crippen molar-refractivity contribution in [3.05, 3.63) is 63.1 Å². The Hall–Kier alpha value is -3.27. The number of benzene rings is 1. The number of carbonyl (C=O) groups excluding carboxylic acids is 2. The van der Waals surface area contributed by atoms with Crippen LogP contribution in [0.4, 0.5) is 8.78 Å². The second-order valence-electron chi connectivity index (χ2n) is 7.77. The highest BCUT2D eigenvalue weighted by Gasteiger charge is 2.50. The molecule has 3 aliphatic heterocycles. The number of pyridine rings is 1. The minimum atomic E-state index is -0.963. The maximum Gasteiger partial charge on any atom is 0.276 e. The summed E-state index contributed by atoms with van der Waals surface area (Å²) in [5.74, 6) is -3.57. The summed E-state index contributed by atoms with van der Waals surface area (Å²) in [5, 5.41) is 12.8. The zero-order chi connectivity index (χ0) is 21.2. The van der Waals surface area contributed by atoms with Crippen LogP contribution in [0.15, 0.2) is 29.2 Å². The first kappa shape index (κ1) is 18.7. The van der Waals surface area contributed by atoms with E-state index in [2.05, 4.69) is 10.2 Å². The molecule has 10 heteroatoms. The molecule has 2 saturated heterocycles. The van der Waals surface area contributed by atoms with Gasteiger partial charge in [0.1, 0.15) is 23.4 Å². The molecule has 156 valence electrons. The van der Waals surface area contributed by atoms with E-state index in [4.69, 9.17) is 0 Å². The summed E-state index contributed by atoms with van der Waals surface area (Å²) in [6, 6.07) is 3.02. The van der Waals surface area contributed by atoms with Crippen LogP contribution in [-0.4, -0.2) is 56.6 Å². The lowest BCUT2D eigenvalue weighted by atomic mass is 10.1. The van der Waals surface area contributed by atoms with Crippen LogP contribution >= 0.6 is 0 Å². The number of hydrogen-bond donors (Lipinski definition) is 2. The van der Waals surface area contributed by atoms with Crippen molar-refractivity contribution < 1.29 is 23.5 Å². The molecule has 2 bridgehead atoms. The van der Waals surface area contributed by atoms with Gasteiger partial charge in [0.05, 0.1) is 6.54 Å². The van der Waals surface area contributed by atoms with Gasteiger partial charge in [0.2, 0.25) is 5.43 Å². The first-order valence-corrected chi connectivity index (χ1v) is 9.60. The van der Waals surface area contributed by atoms with Crippen LogP contribution in [0.25, 0.3) is 0 Å². The summed E-state index contributed by atoms with van der Waals surface area (Å²) in [5.41, 5.74) is -1.38. The summed E-state index contributed by atoms with van der Waals surface area (Å²) in [7, 11) is 0. The Kier molecular flexibility index (Phi) is 4.14. The topological polar surface area (TPSA) is 94.9 Å². The standard InChI is InChI=1S/C20H18F2N4O4/c21-11-2-1-10(14(22)5-11)6-23-19(29)13-8-25-9-15-24-4-3-12(7-24)26(15)20(30)16(25)18(28)17(13)27/h1-2,5,8,12,15,28H,3-4,6-7,9H2,(H,23,29)/t12-,15?/m0/s1. The van der Waals surface area contributed by atoms with Gasteiger partial charge in [-0.1, -0.05) is 6.07 Å². The van der Waals surface area contributed by atoms with Gasteiger partial charge in [0.25, 0.3) is 11.8 Å². The van der Waals surface area contributed by atoms with Gasteiger partial charge in [-0.3, -0.25) is 19.3 Å². The van der Waals surface area contributed by atoms with E-state index in [0.29, 0.717) is 12.6 Å². The van der Waals surface area contributed by atoms with E-state index < -0.39 is 34.6 Å². The fourth-order valence-electron chi connectivity index (χ4n) is 4.60. The quantitative estimate of drug-likeness (QED) is 0.766. The first-order chi connectivity index (χ1) is 14.3. The van der Waals surface area contributed by atoms with Gasteiger partial charge in [0.15, 0.2) is 11.4 Å². The van der Waals surface area contributed by atoms with Gasteiger partial charge in [0, 0.05) is 43.5 Å². The Morgan fingerprint density at radius 1 is 1.23 bits per heavy atom. The van der Waals surface area contributed by atoms with Crippen molar-refractivity contribution in [3.63, 3.8) is 0 Å². The monoisotopic (exact) mass is 416 g/mol. The third kappa shape index (κ3) is 2.71. The van der Waals surface area contributed by atoms with Crippen LogP contribution < -0.4 is 10.7 Å². The molecule has 2 N–H and O–H groups in total. The van der Waals surface area contributed by atoms with Crippen LogP contribution in [0.1, 0.15) is 32.8 Å². The number of hydrogen-bond acceptors (Lipinski definition) is 5. The number of amides is 2. The number of carbonyl (C=O) groups is 2. The maximum atomic E-state index is 13.8. The van der Waals surface area contributed by atoms with Crippen LogP contribution in [0.2, 0.25) is 0 Å². The number of fused-ring (bicyclic) bond motifs is 6. The average Bonchev–Trinajstić information content (AvgIpc) is 3.32. The largest absolute Gasteiger partial charge is 0.503 e. The van der Waals surface area contributed by atoms with E-state index in [1.807, 2.05) is 0 Å². The van der Waals surface area contributed by atoms with Crippen LogP contribution in [0.5, 0.6) is 5.75 Å². The predicted molar refractivity (Wildman–Crippen MR) is 99.8 cm³/mol. The zero-order valence-corrected chi connectivity index (χ0v) is 15.8. The van der Waals surface area contributed by atoms with Gasteiger partial charge in [-0.2, -0.15) is 0 Å². The van der Waals surface area contributed by atoms with E-state index in [-0.39, 0.29) is 35.6 Å². The molecule has 4 heterocycles. The van der Waals surface area contributed by atoms with Crippen molar-refractivity contribution in [1.29, 1.82) is 0 Å². The summed E-state index contributed by atoms with van der Waals surface area (Å²) in [6.45, 7) is 1.69. The number of nitrogens with zero attached hydrogens (tertiary/aromatic N) is 3. The lowest BCUT2D eigenvalue weighted by Gasteiger charge is -2.40. The third-order valence-corrected chi connectivity index (χ3v) is 6.08. The third-order valence-electron chi connectivity index (χ3n) is 6.08. The van der Waals surface area contributed by atoms with Crippen molar-refractivity contribution in [2.75, 3.05) is 13.1 Å². The summed E-state index contributed by atoms with van der Waals surface area (Å²) in [4.78, 5) is 41.9. The molecule has 3 atom stereocenters. The van der Waals surface area contributed by atoms with E-state index in [1.165, 1.54) is 16.8 Å². The zero-order valence-electron chi connectivity index (χ0n) is 15.8. The van der Waals surface area contributed by atoms with Crippen molar-refractivity contribution in [2.24, 2.45) is 0 Å². The molecule has 0 spiro atoms. The van der Waals surface area contributed by atoms with E-state index in [0.717, 1.165) is 25.6 Å². The fourth-order valence-corrected chi connectivity index (χ4v) is 4.60. The molecule has 8 nitrogen and oxygen atoms in total. The van der Waals surface area contributed by atoms with Crippen molar-refractivity contribution in [1.82, 2.24) is 19.7 Å². The minimum Gasteiger partial charge on any atom is -0.503 e. The number of aromatic nitrogens is 1. The second kappa shape index (κ2) is 6.63.